The van der Waals surface area contributed by atoms with E-state index in [1.165, 1.54) is 22.3 Å². The summed E-state index contributed by atoms with van der Waals surface area (Å²) in [7, 11) is 0. The van der Waals surface area contributed by atoms with Crippen LogP contribution in [0.4, 0.5) is 5.13 Å². The first-order valence-electron chi connectivity index (χ1n) is 9.65. The first kappa shape index (κ1) is 20.6. The molecule has 2 aromatic carbocycles. The Morgan fingerprint density at radius 3 is 2.58 bits per heavy atom. The van der Waals surface area contributed by atoms with Crippen LogP contribution in [0.15, 0.2) is 59.6 Å². The maximum atomic E-state index is 13.0. The van der Waals surface area contributed by atoms with Crippen LogP contribution in [-0.2, 0) is 9.59 Å². The second-order valence-corrected chi connectivity index (χ2v) is 7.88. The van der Waals surface area contributed by atoms with Crippen LogP contribution in [0.2, 0.25) is 0 Å². The van der Waals surface area contributed by atoms with E-state index in [9.17, 15) is 19.8 Å². The van der Waals surface area contributed by atoms with Gasteiger partial charge >= 0.3 is 5.91 Å². The fourth-order valence-corrected chi connectivity index (χ4v) is 4.19. The molecular weight excluding hydrogens is 416 g/mol. The van der Waals surface area contributed by atoms with Crippen LogP contribution in [0.25, 0.3) is 5.76 Å². The molecule has 1 unspecified atom stereocenters. The van der Waals surface area contributed by atoms with Gasteiger partial charge in [-0.1, -0.05) is 35.9 Å². The number of aromatic hydroxyl groups is 1. The molecule has 8 heteroatoms. The van der Waals surface area contributed by atoms with Crippen molar-refractivity contribution in [1.82, 2.24) is 4.98 Å². The van der Waals surface area contributed by atoms with E-state index in [1.807, 2.05) is 19.1 Å². The Balaban J connectivity index is 1.94. The zero-order valence-corrected chi connectivity index (χ0v) is 17.7. The van der Waals surface area contributed by atoms with Gasteiger partial charge in [-0.05, 0) is 31.5 Å². The second kappa shape index (κ2) is 8.23. The Labute approximate surface area is 182 Å². The van der Waals surface area contributed by atoms with Crippen LogP contribution in [-0.4, -0.2) is 33.5 Å². The average molecular weight is 436 g/mol. The first-order chi connectivity index (χ1) is 14.9. The number of nitrogens with zero attached hydrogens (tertiary/aromatic N) is 2. The average Bonchev–Trinajstić information content (AvgIpc) is 3.37. The van der Waals surface area contributed by atoms with Gasteiger partial charge in [0.2, 0.25) is 0 Å². The number of aromatic nitrogens is 1. The van der Waals surface area contributed by atoms with Crippen molar-refractivity contribution in [2.24, 2.45) is 0 Å². The molecule has 158 valence electrons. The van der Waals surface area contributed by atoms with Crippen LogP contribution < -0.4 is 9.64 Å². The predicted molar refractivity (Wildman–Crippen MR) is 117 cm³/mol. The molecule has 1 saturated heterocycles. The highest BCUT2D eigenvalue weighted by Gasteiger charge is 2.48. The number of hydrogen-bond donors (Lipinski definition) is 2. The van der Waals surface area contributed by atoms with Gasteiger partial charge in [-0.2, -0.15) is 0 Å². The molecule has 0 saturated carbocycles. The van der Waals surface area contributed by atoms with Crippen LogP contribution in [0.3, 0.4) is 0 Å². The number of phenolic OH excluding ortho intramolecular Hbond substituents is 1. The van der Waals surface area contributed by atoms with Gasteiger partial charge in [0.1, 0.15) is 5.76 Å². The number of ketones is 1. The van der Waals surface area contributed by atoms with Gasteiger partial charge in [0.25, 0.3) is 5.78 Å². The molecular formula is C23H20N2O5S. The van der Waals surface area contributed by atoms with Crippen molar-refractivity contribution in [2.45, 2.75) is 19.9 Å². The maximum Gasteiger partial charge on any atom is 0.301 e. The largest absolute Gasteiger partial charge is 0.507 e. The third-order valence-corrected chi connectivity index (χ3v) is 5.76. The SMILES string of the molecule is CCOc1cc(C2/C(=C(/O)c3ccc(C)cc3)C(=O)C(=O)N2c2nccs2)ccc1O. The molecule has 1 aromatic heterocycles. The third-order valence-electron chi connectivity index (χ3n) is 4.99. The zero-order valence-electron chi connectivity index (χ0n) is 16.9. The second-order valence-electron chi connectivity index (χ2n) is 7.01. The number of benzene rings is 2. The molecule has 0 bridgehead atoms. The standard InChI is InChI=1S/C23H20N2O5S/c1-3-30-17-12-15(8-9-16(17)26)19-18(20(27)14-6-4-13(2)5-7-14)21(28)22(29)25(19)23-24-10-11-31-23/h4-12,19,26-27H,3H2,1-2H3/b20-18-. The Hall–Kier alpha value is -3.65. The number of thiazole rings is 1. The normalized spacial score (nSPS) is 17.9. The van der Waals surface area contributed by atoms with Gasteiger partial charge in [-0.3, -0.25) is 14.5 Å². The van der Waals surface area contributed by atoms with Gasteiger partial charge in [-0.15, -0.1) is 11.3 Å². The summed E-state index contributed by atoms with van der Waals surface area (Å²) in [4.78, 5) is 31.5. The molecule has 2 N–H and O–H groups in total. The molecule has 1 atom stereocenters. The lowest BCUT2D eigenvalue weighted by molar-refractivity contribution is -0.132. The Bertz CT molecular complexity index is 1170. The summed E-state index contributed by atoms with van der Waals surface area (Å²) in [6, 6.07) is 10.7. The van der Waals surface area contributed by atoms with Gasteiger partial charge in [0.05, 0.1) is 18.2 Å². The fourth-order valence-electron chi connectivity index (χ4n) is 3.52. The van der Waals surface area contributed by atoms with Crippen LogP contribution >= 0.6 is 11.3 Å². The van der Waals surface area contributed by atoms with E-state index < -0.39 is 17.7 Å². The summed E-state index contributed by atoms with van der Waals surface area (Å²) in [6.07, 6.45) is 1.54. The summed E-state index contributed by atoms with van der Waals surface area (Å²) in [5, 5.41) is 23.2. The molecule has 7 nitrogen and oxygen atoms in total. The third kappa shape index (κ3) is 3.66. The number of carbonyl (C=O) groups is 2. The molecule has 0 spiro atoms. The van der Waals surface area contributed by atoms with Crippen molar-refractivity contribution in [2.75, 3.05) is 11.5 Å². The monoisotopic (exact) mass is 436 g/mol. The minimum absolute atomic E-state index is 0.0443. The van der Waals surface area contributed by atoms with Crippen molar-refractivity contribution in [1.29, 1.82) is 0 Å². The number of aliphatic hydroxyl groups is 1. The Kier molecular flexibility index (Phi) is 5.48. The highest BCUT2D eigenvalue weighted by molar-refractivity contribution is 7.14. The number of phenols is 1. The van der Waals surface area contributed by atoms with Crippen molar-refractivity contribution in [3.8, 4) is 11.5 Å². The summed E-state index contributed by atoms with van der Waals surface area (Å²) in [5.74, 6) is -1.69. The number of ether oxygens (including phenoxy) is 1. The summed E-state index contributed by atoms with van der Waals surface area (Å²) in [6.45, 7) is 4.02. The number of Topliss-reactive ketones (excluding diaryl/α,β-unsaturated/α-hetero) is 1. The molecule has 1 amide bonds. The van der Waals surface area contributed by atoms with Crippen LogP contribution in [0, 0.1) is 6.92 Å². The fraction of sp³-hybridized carbons (Fsp3) is 0.174. The summed E-state index contributed by atoms with van der Waals surface area (Å²) in [5.41, 5.74) is 1.88. The van der Waals surface area contributed by atoms with Crippen molar-refractivity contribution in [3.05, 3.63) is 76.3 Å². The maximum absolute atomic E-state index is 13.0. The Morgan fingerprint density at radius 1 is 1.19 bits per heavy atom. The van der Waals surface area contributed by atoms with Crippen molar-refractivity contribution in [3.63, 3.8) is 0 Å². The highest BCUT2D eigenvalue weighted by atomic mass is 32.1. The number of amides is 1. The van der Waals surface area contributed by atoms with E-state index in [1.54, 1.807) is 42.8 Å². The minimum Gasteiger partial charge on any atom is -0.507 e. The highest BCUT2D eigenvalue weighted by Crippen LogP contribution is 2.44. The van der Waals surface area contributed by atoms with E-state index in [0.717, 1.165) is 5.56 Å². The number of aryl methyl sites for hydroxylation is 1. The van der Waals surface area contributed by atoms with Gasteiger partial charge in [0, 0.05) is 17.1 Å². The van der Waals surface area contributed by atoms with Gasteiger partial charge in [0.15, 0.2) is 16.6 Å². The number of hydrogen-bond acceptors (Lipinski definition) is 7. The molecule has 1 aliphatic heterocycles. The minimum atomic E-state index is -0.924. The Morgan fingerprint density at radius 2 is 1.94 bits per heavy atom. The molecule has 1 fully saturated rings. The smallest absolute Gasteiger partial charge is 0.301 e. The number of rotatable bonds is 5. The molecule has 3 aromatic rings. The molecule has 4 rings (SSSR count). The first-order valence-corrected chi connectivity index (χ1v) is 10.5. The number of carbonyl (C=O) groups excluding carboxylic acids is 2. The quantitative estimate of drug-likeness (QED) is 0.354. The molecule has 0 aliphatic carbocycles. The lowest BCUT2D eigenvalue weighted by Crippen LogP contribution is -2.29. The molecule has 31 heavy (non-hydrogen) atoms. The molecule has 0 radical (unpaired) electrons. The van der Waals surface area contributed by atoms with E-state index in [4.69, 9.17) is 4.74 Å². The van der Waals surface area contributed by atoms with Gasteiger partial charge in [-0.25, -0.2) is 4.98 Å². The summed E-state index contributed by atoms with van der Waals surface area (Å²) < 4.78 is 5.48. The van der Waals surface area contributed by atoms with Crippen molar-refractivity contribution >= 4 is 33.9 Å². The molecule has 1 aliphatic rings. The molecule has 2 heterocycles. The van der Waals surface area contributed by atoms with E-state index >= 15 is 0 Å². The van der Waals surface area contributed by atoms with Crippen LogP contribution in [0.5, 0.6) is 11.5 Å². The van der Waals surface area contributed by atoms with Gasteiger partial charge < -0.3 is 14.9 Å². The van der Waals surface area contributed by atoms with E-state index in [-0.39, 0.29) is 22.8 Å². The predicted octanol–water partition coefficient (Wildman–Crippen LogP) is 4.18. The van der Waals surface area contributed by atoms with E-state index in [0.29, 0.717) is 22.9 Å². The van der Waals surface area contributed by atoms with Crippen LogP contribution in [0.1, 0.15) is 29.7 Å². The zero-order chi connectivity index (χ0) is 22.1. The lowest BCUT2D eigenvalue weighted by atomic mass is 9.95. The number of anilines is 1. The van der Waals surface area contributed by atoms with E-state index in [2.05, 4.69) is 4.98 Å². The topological polar surface area (TPSA) is 100.0 Å². The summed E-state index contributed by atoms with van der Waals surface area (Å²) >= 11 is 1.21. The lowest BCUT2D eigenvalue weighted by Gasteiger charge is -2.23. The van der Waals surface area contributed by atoms with Crippen molar-refractivity contribution < 1.29 is 24.5 Å². The number of aliphatic hydroxyl groups excluding tert-OH is 1.